The Bertz CT molecular complexity index is 1410. The van der Waals surface area contributed by atoms with Gasteiger partial charge in [-0.1, -0.05) is 60.1 Å². The van der Waals surface area contributed by atoms with Crippen molar-refractivity contribution in [2.75, 3.05) is 6.61 Å². The average molecular weight is 735 g/mol. The first-order valence-corrected chi connectivity index (χ1v) is 20.1. The minimum Gasteiger partial charge on any atom is -0.481 e. The first kappa shape index (κ1) is 39.1. The lowest BCUT2D eigenvalue weighted by atomic mass is 9.33. The van der Waals surface area contributed by atoms with E-state index in [-0.39, 0.29) is 45.7 Å². The van der Waals surface area contributed by atoms with Gasteiger partial charge in [0.1, 0.15) is 36.6 Å². The summed E-state index contributed by atoms with van der Waals surface area (Å²) in [7, 11) is 0. The van der Waals surface area contributed by atoms with E-state index in [1.54, 1.807) is 6.92 Å². The first-order chi connectivity index (χ1) is 24.1. The molecule has 17 atom stereocenters. The van der Waals surface area contributed by atoms with Crippen LogP contribution in [0.3, 0.4) is 0 Å². The van der Waals surface area contributed by atoms with Crippen LogP contribution < -0.4 is 0 Å². The minimum atomic E-state index is -1.58. The Labute approximate surface area is 309 Å². The summed E-state index contributed by atoms with van der Waals surface area (Å²) in [6.45, 7) is 18.1. The topological polar surface area (TPSA) is 175 Å². The fraction of sp³-hybridized carbons (Fsp3) is 0.927. The van der Waals surface area contributed by atoms with Gasteiger partial charge in [-0.25, -0.2) is 0 Å². The molecule has 7 aliphatic rings. The Morgan fingerprint density at radius 1 is 0.788 bits per heavy atom. The molecular formula is C41H66O11. The fourth-order valence-electron chi connectivity index (χ4n) is 13.3. The molecule has 0 bridgehead atoms. The Kier molecular flexibility index (Phi) is 9.74. The molecule has 11 nitrogen and oxygen atoms in total. The highest BCUT2D eigenvalue weighted by Crippen LogP contribution is 2.76. The SMILES string of the molecule is C[C@@H]1O[C@H](OC2[C@@H](O[C@H]3CC[C@@]4(C)C(CC[C@]5(C)C4CC=C4C6CC(C)(C)CC[C@]6(C(=O)O)CC[C@]45C)C3(C)C)OC[C@@H](O)[C@H]2O)[C@H](O)[C@H](O)[C@H]1O. The van der Waals surface area contributed by atoms with Crippen molar-refractivity contribution in [3.05, 3.63) is 11.6 Å². The summed E-state index contributed by atoms with van der Waals surface area (Å²) in [4.78, 5) is 13.0. The Morgan fingerprint density at radius 3 is 2.17 bits per heavy atom. The highest BCUT2D eigenvalue weighted by Gasteiger charge is 2.69. The molecular weight excluding hydrogens is 668 g/mol. The summed E-state index contributed by atoms with van der Waals surface area (Å²) in [5.41, 5.74) is 0.579. The molecule has 296 valence electrons. The maximum absolute atomic E-state index is 13.0. The number of ether oxygens (including phenoxy) is 4. The van der Waals surface area contributed by atoms with Crippen LogP contribution in [0, 0.1) is 50.2 Å². The second kappa shape index (κ2) is 12.9. The monoisotopic (exact) mass is 734 g/mol. The zero-order valence-corrected chi connectivity index (χ0v) is 32.6. The standard InChI is InChI=1S/C41H66O11/c1-21-28(43)30(45)31(46)33(50-21)52-32-29(44)24(42)20-49-34(32)51-27-12-13-38(6)25(37(27,4)5)11-14-40(8)26(38)10-9-22-23-19-36(2,3)15-17-41(23,35(47)48)18-16-39(22,40)7/h9,21,23-34,42-46H,10-20H2,1-8H3,(H,47,48)/t21-,23?,24+,25?,26?,27-,28-,29+,30+,31+,32?,33+,34+,38-,39+,40+,41-/m0/s1. The van der Waals surface area contributed by atoms with Crippen molar-refractivity contribution in [3.63, 3.8) is 0 Å². The number of aliphatic hydroxyl groups is 5. The number of aliphatic hydroxyl groups excluding tert-OH is 5. The number of carboxylic acid groups (broad SMARTS) is 1. The van der Waals surface area contributed by atoms with E-state index in [0.29, 0.717) is 11.8 Å². The predicted molar refractivity (Wildman–Crippen MR) is 191 cm³/mol. The molecule has 6 N–H and O–H groups in total. The van der Waals surface area contributed by atoms with Gasteiger partial charge >= 0.3 is 5.97 Å². The molecule has 7 rings (SSSR count). The molecule has 2 aliphatic heterocycles. The highest BCUT2D eigenvalue weighted by molar-refractivity contribution is 5.76. The average Bonchev–Trinajstić information content (AvgIpc) is 3.06. The summed E-state index contributed by atoms with van der Waals surface area (Å²) in [5.74, 6) is 0.219. The maximum atomic E-state index is 13.0. The fourth-order valence-corrected chi connectivity index (χ4v) is 13.3. The van der Waals surface area contributed by atoms with Crippen LogP contribution in [0.2, 0.25) is 0 Å². The Hall–Kier alpha value is -1.15. The van der Waals surface area contributed by atoms with Crippen LogP contribution in [-0.2, 0) is 23.7 Å². The van der Waals surface area contributed by atoms with Crippen molar-refractivity contribution in [1.82, 2.24) is 0 Å². The molecule has 0 spiro atoms. The van der Waals surface area contributed by atoms with Crippen molar-refractivity contribution in [2.45, 2.75) is 181 Å². The van der Waals surface area contributed by atoms with E-state index < -0.39 is 66.7 Å². The highest BCUT2D eigenvalue weighted by atomic mass is 16.8. The zero-order valence-electron chi connectivity index (χ0n) is 32.6. The number of rotatable bonds is 5. The van der Waals surface area contributed by atoms with Gasteiger partial charge in [-0.2, -0.15) is 0 Å². The molecule has 2 saturated heterocycles. The number of aliphatic carboxylic acids is 1. The maximum Gasteiger partial charge on any atom is 0.310 e. The Morgan fingerprint density at radius 2 is 1.48 bits per heavy atom. The summed E-state index contributed by atoms with van der Waals surface area (Å²) in [6, 6.07) is 0. The molecule has 0 aromatic heterocycles. The van der Waals surface area contributed by atoms with Crippen LogP contribution in [0.4, 0.5) is 0 Å². The quantitative estimate of drug-likeness (QED) is 0.173. The molecule has 2 heterocycles. The Balaban J connectivity index is 1.13. The number of hydrogen-bond donors (Lipinski definition) is 6. The van der Waals surface area contributed by atoms with E-state index in [9.17, 15) is 35.4 Å². The van der Waals surface area contributed by atoms with Crippen molar-refractivity contribution in [1.29, 1.82) is 0 Å². The minimum absolute atomic E-state index is 0.0146. The van der Waals surface area contributed by atoms with Gasteiger partial charge in [0.05, 0.1) is 24.2 Å². The molecule has 6 fully saturated rings. The molecule has 4 saturated carbocycles. The van der Waals surface area contributed by atoms with Crippen LogP contribution in [0.5, 0.6) is 0 Å². The van der Waals surface area contributed by atoms with Gasteiger partial charge in [-0.15, -0.1) is 0 Å². The molecule has 0 aromatic rings. The molecule has 0 amide bonds. The summed E-state index contributed by atoms with van der Waals surface area (Å²) >= 11 is 0. The van der Waals surface area contributed by atoms with Crippen molar-refractivity contribution in [2.24, 2.45) is 50.2 Å². The predicted octanol–water partition coefficient (Wildman–Crippen LogP) is 4.55. The van der Waals surface area contributed by atoms with E-state index in [1.807, 2.05) is 0 Å². The van der Waals surface area contributed by atoms with Crippen LogP contribution >= 0.6 is 0 Å². The third-order valence-corrected chi connectivity index (χ3v) is 16.8. The van der Waals surface area contributed by atoms with E-state index in [0.717, 1.165) is 64.2 Å². The second-order valence-electron chi connectivity index (χ2n) is 20.2. The lowest BCUT2D eigenvalue weighted by molar-refractivity contribution is -0.364. The third kappa shape index (κ3) is 5.64. The van der Waals surface area contributed by atoms with Crippen molar-refractivity contribution in [3.8, 4) is 0 Å². The van der Waals surface area contributed by atoms with Gasteiger partial charge in [0, 0.05) is 0 Å². The normalized spacial score (nSPS) is 54.1. The number of fused-ring (bicyclic) bond motifs is 7. The third-order valence-electron chi connectivity index (χ3n) is 16.8. The van der Waals surface area contributed by atoms with Gasteiger partial charge in [-0.3, -0.25) is 4.79 Å². The van der Waals surface area contributed by atoms with E-state index >= 15 is 0 Å². The van der Waals surface area contributed by atoms with Gasteiger partial charge in [0.25, 0.3) is 0 Å². The van der Waals surface area contributed by atoms with Gasteiger partial charge < -0.3 is 49.6 Å². The van der Waals surface area contributed by atoms with Crippen LogP contribution in [0.15, 0.2) is 11.6 Å². The number of hydrogen-bond acceptors (Lipinski definition) is 10. The van der Waals surface area contributed by atoms with Gasteiger partial charge in [0.15, 0.2) is 12.6 Å². The number of carboxylic acids is 1. The number of carbonyl (C=O) groups is 1. The van der Waals surface area contributed by atoms with E-state index in [2.05, 4.69) is 54.5 Å². The number of allylic oxidation sites excluding steroid dienone is 2. The summed E-state index contributed by atoms with van der Waals surface area (Å²) < 4.78 is 24.5. The second-order valence-corrected chi connectivity index (χ2v) is 20.2. The van der Waals surface area contributed by atoms with Crippen molar-refractivity contribution < 1.29 is 54.4 Å². The molecule has 4 unspecified atom stereocenters. The summed E-state index contributed by atoms with van der Waals surface area (Å²) in [6.07, 6.45) is -0.253. The van der Waals surface area contributed by atoms with Gasteiger partial charge in [-0.05, 0) is 116 Å². The first-order valence-electron chi connectivity index (χ1n) is 20.1. The smallest absolute Gasteiger partial charge is 0.310 e. The molecule has 0 aromatic carbocycles. The summed E-state index contributed by atoms with van der Waals surface area (Å²) in [5, 5.41) is 63.6. The van der Waals surface area contributed by atoms with Gasteiger partial charge in [0.2, 0.25) is 0 Å². The van der Waals surface area contributed by atoms with Crippen LogP contribution in [-0.4, -0.2) is 105 Å². The molecule has 52 heavy (non-hydrogen) atoms. The molecule has 5 aliphatic carbocycles. The largest absolute Gasteiger partial charge is 0.481 e. The zero-order chi connectivity index (χ0) is 38.0. The molecule has 11 heteroatoms. The van der Waals surface area contributed by atoms with E-state index in [4.69, 9.17) is 18.9 Å². The van der Waals surface area contributed by atoms with Crippen LogP contribution in [0.25, 0.3) is 0 Å². The van der Waals surface area contributed by atoms with Crippen molar-refractivity contribution >= 4 is 5.97 Å². The van der Waals surface area contributed by atoms with E-state index in [1.165, 1.54) is 5.57 Å². The lowest BCUT2D eigenvalue weighted by Crippen LogP contribution is -2.66. The molecule has 0 radical (unpaired) electrons. The lowest BCUT2D eigenvalue weighted by Gasteiger charge is -2.71. The van der Waals surface area contributed by atoms with Crippen LogP contribution in [0.1, 0.15) is 120 Å².